The van der Waals surface area contributed by atoms with Crippen LogP contribution in [0.15, 0.2) is 18.2 Å². The Hall–Kier alpha value is -1.25. The zero-order valence-corrected chi connectivity index (χ0v) is 10.5. The summed E-state index contributed by atoms with van der Waals surface area (Å²) in [6.07, 6.45) is 4.82. The van der Waals surface area contributed by atoms with E-state index in [2.05, 4.69) is 19.2 Å². The highest BCUT2D eigenvalue weighted by Crippen LogP contribution is 2.37. The number of hydrogen-bond donors (Lipinski definition) is 2. The maximum atomic E-state index is 13.2. The quantitative estimate of drug-likeness (QED) is 0.764. The van der Waals surface area contributed by atoms with Crippen LogP contribution in [0.25, 0.3) is 0 Å². The molecule has 2 nitrogen and oxygen atoms in total. The zero-order valence-electron chi connectivity index (χ0n) is 10.5. The first-order chi connectivity index (χ1) is 7.99. The third-order valence-corrected chi connectivity index (χ3v) is 3.80. The molecule has 1 aliphatic rings. The van der Waals surface area contributed by atoms with E-state index in [0.29, 0.717) is 6.04 Å². The summed E-state index contributed by atoms with van der Waals surface area (Å²) in [4.78, 5) is 0. The van der Waals surface area contributed by atoms with Crippen molar-refractivity contribution >= 4 is 5.69 Å². The molecule has 2 N–H and O–H groups in total. The first-order valence-electron chi connectivity index (χ1n) is 6.24. The lowest BCUT2D eigenvalue weighted by Crippen LogP contribution is -2.38. The number of aromatic hydroxyl groups is 1. The Labute approximate surface area is 102 Å². The molecular weight excluding hydrogens is 217 g/mol. The molecule has 3 heteroatoms. The number of anilines is 1. The summed E-state index contributed by atoms with van der Waals surface area (Å²) in [6.45, 7) is 4.50. The van der Waals surface area contributed by atoms with Gasteiger partial charge in [0.2, 0.25) is 0 Å². The summed E-state index contributed by atoms with van der Waals surface area (Å²) in [5.74, 6) is -0.859. The van der Waals surface area contributed by atoms with Crippen molar-refractivity contribution in [1.82, 2.24) is 0 Å². The molecule has 0 saturated heterocycles. The van der Waals surface area contributed by atoms with E-state index in [9.17, 15) is 4.39 Å². The Kier molecular flexibility index (Phi) is 3.27. The fourth-order valence-electron chi connectivity index (χ4n) is 2.56. The number of benzene rings is 1. The van der Waals surface area contributed by atoms with Crippen molar-refractivity contribution in [2.45, 2.75) is 45.6 Å². The standard InChI is InChI=1S/C14H20FNO/c1-14(2)8-4-3-5-13(14)16-10-6-7-12(17)11(15)9-10/h6-7,9,13,16-17H,3-5,8H2,1-2H3. The van der Waals surface area contributed by atoms with Crippen molar-refractivity contribution in [2.24, 2.45) is 5.41 Å². The second-order valence-electron chi connectivity index (χ2n) is 5.60. The molecule has 2 rings (SSSR count). The van der Waals surface area contributed by atoms with E-state index in [1.54, 1.807) is 6.07 Å². The van der Waals surface area contributed by atoms with Crippen molar-refractivity contribution < 1.29 is 9.50 Å². The molecule has 1 saturated carbocycles. The number of halogens is 1. The topological polar surface area (TPSA) is 32.3 Å². The van der Waals surface area contributed by atoms with Gasteiger partial charge in [0.25, 0.3) is 0 Å². The molecule has 0 spiro atoms. The average Bonchev–Trinajstić information content (AvgIpc) is 2.26. The van der Waals surface area contributed by atoms with Crippen molar-refractivity contribution in [3.63, 3.8) is 0 Å². The molecule has 0 heterocycles. The van der Waals surface area contributed by atoms with E-state index in [-0.39, 0.29) is 11.2 Å². The van der Waals surface area contributed by atoms with Crippen molar-refractivity contribution in [2.75, 3.05) is 5.32 Å². The van der Waals surface area contributed by atoms with Gasteiger partial charge in [0, 0.05) is 17.8 Å². The van der Waals surface area contributed by atoms with Crippen LogP contribution in [0.5, 0.6) is 5.75 Å². The number of phenols is 1. The Balaban J connectivity index is 2.11. The fraction of sp³-hybridized carbons (Fsp3) is 0.571. The summed E-state index contributed by atoms with van der Waals surface area (Å²) in [5.41, 5.74) is 0.993. The third-order valence-electron chi connectivity index (χ3n) is 3.80. The SMILES string of the molecule is CC1(C)CCCCC1Nc1ccc(O)c(F)c1. The van der Waals surface area contributed by atoms with Crippen molar-refractivity contribution in [1.29, 1.82) is 0 Å². The molecule has 94 valence electrons. The molecule has 0 bridgehead atoms. The van der Waals surface area contributed by atoms with Gasteiger partial charge in [0.15, 0.2) is 11.6 Å². The monoisotopic (exact) mass is 237 g/mol. The van der Waals surface area contributed by atoms with Gasteiger partial charge in [-0.3, -0.25) is 0 Å². The molecule has 0 aliphatic heterocycles. The lowest BCUT2D eigenvalue weighted by molar-refractivity contribution is 0.217. The summed E-state index contributed by atoms with van der Waals surface area (Å²) < 4.78 is 13.2. The van der Waals surface area contributed by atoms with Gasteiger partial charge in [0.05, 0.1) is 0 Å². The molecule has 0 aromatic heterocycles. The average molecular weight is 237 g/mol. The number of hydrogen-bond acceptors (Lipinski definition) is 2. The van der Waals surface area contributed by atoms with E-state index in [0.717, 1.165) is 12.1 Å². The van der Waals surface area contributed by atoms with Crippen LogP contribution in [0.3, 0.4) is 0 Å². The largest absolute Gasteiger partial charge is 0.505 e. The predicted molar refractivity (Wildman–Crippen MR) is 67.7 cm³/mol. The number of phenolic OH excluding ortho intramolecular Hbond substituents is 1. The Morgan fingerprint density at radius 1 is 1.35 bits per heavy atom. The second kappa shape index (κ2) is 4.55. The maximum Gasteiger partial charge on any atom is 0.166 e. The Morgan fingerprint density at radius 3 is 2.76 bits per heavy atom. The molecule has 1 fully saturated rings. The lowest BCUT2D eigenvalue weighted by Gasteiger charge is -2.39. The third kappa shape index (κ3) is 2.71. The highest BCUT2D eigenvalue weighted by atomic mass is 19.1. The van der Waals surface area contributed by atoms with E-state index in [1.165, 1.54) is 31.4 Å². The maximum absolute atomic E-state index is 13.2. The van der Waals surface area contributed by atoms with Crippen LogP contribution in [0.2, 0.25) is 0 Å². The first-order valence-corrected chi connectivity index (χ1v) is 6.24. The van der Waals surface area contributed by atoms with Gasteiger partial charge in [-0.1, -0.05) is 26.7 Å². The molecule has 1 unspecified atom stereocenters. The molecule has 0 amide bonds. The predicted octanol–water partition coefficient (Wildman–Crippen LogP) is 3.91. The summed E-state index contributed by atoms with van der Waals surface area (Å²) in [5, 5.41) is 12.5. The van der Waals surface area contributed by atoms with E-state index in [4.69, 9.17) is 5.11 Å². The molecule has 1 aromatic carbocycles. The van der Waals surface area contributed by atoms with Gasteiger partial charge in [-0.05, 0) is 30.4 Å². The van der Waals surface area contributed by atoms with Gasteiger partial charge < -0.3 is 10.4 Å². The lowest BCUT2D eigenvalue weighted by atomic mass is 9.73. The Bertz CT molecular complexity index is 403. The van der Waals surface area contributed by atoms with Crippen LogP contribution in [-0.2, 0) is 0 Å². The molecule has 1 atom stereocenters. The summed E-state index contributed by atoms with van der Waals surface area (Å²) in [7, 11) is 0. The van der Waals surface area contributed by atoms with Crippen molar-refractivity contribution in [3.8, 4) is 5.75 Å². The fourth-order valence-corrected chi connectivity index (χ4v) is 2.56. The van der Waals surface area contributed by atoms with Crippen LogP contribution >= 0.6 is 0 Å². The number of rotatable bonds is 2. The molecular formula is C14H20FNO. The van der Waals surface area contributed by atoms with Crippen LogP contribution in [0, 0.1) is 11.2 Å². The summed E-state index contributed by atoms with van der Waals surface area (Å²) >= 11 is 0. The van der Waals surface area contributed by atoms with Gasteiger partial charge in [-0.2, -0.15) is 0 Å². The minimum atomic E-state index is -0.566. The Morgan fingerprint density at radius 2 is 2.12 bits per heavy atom. The normalized spacial score (nSPS) is 23.4. The van der Waals surface area contributed by atoms with Gasteiger partial charge in [-0.15, -0.1) is 0 Å². The molecule has 1 aliphatic carbocycles. The molecule has 17 heavy (non-hydrogen) atoms. The van der Waals surface area contributed by atoms with E-state index >= 15 is 0 Å². The zero-order chi connectivity index (χ0) is 12.5. The van der Waals surface area contributed by atoms with Gasteiger partial charge >= 0.3 is 0 Å². The van der Waals surface area contributed by atoms with Crippen LogP contribution in [-0.4, -0.2) is 11.1 Å². The van der Waals surface area contributed by atoms with Crippen LogP contribution in [0.1, 0.15) is 39.5 Å². The van der Waals surface area contributed by atoms with E-state index < -0.39 is 5.82 Å². The van der Waals surface area contributed by atoms with Crippen LogP contribution < -0.4 is 5.32 Å². The minimum absolute atomic E-state index is 0.243. The highest BCUT2D eigenvalue weighted by molar-refractivity contribution is 5.48. The molecule has 0 radical (unpaired) electrons. The molecule has 1 aromatic rings. The van der Waals surface area contributed by atoms with Crippen molar-refractivity contribution in [3.05, 3.63) is 24.0 Å². The van der Waals surface area contributed by atoms with Crippen LogP contribution in [0.4, 0.5) is 10.1 Å². The smallest absolute Gasteiger partial charge is 0.166 e. The van der Waals surface area contributed by atoms with Gasteiger partial charge in [-0.25, -0.2) is 4.39 Å². The summed E-state index contributed by atoms with van der Waals surface area (Å²) in [6, 6.07) is 4.86. The second-order valence-corrected chi connectivity index (χ2v) is 5.60. The number of nitrogens with one attached hydrogen (secondary N) is 1. The minimum Gasteiger partial charge on any atom is -0.505 e. The van der Waals surface area contributed by atoms with Gasteiger partial charge in [0.1, 0.15) is 0 Å². The van der Waals surface area contributed by atoms with E-state index in [1.807, 2.05) is 0 Å². The highest BCUT2D eigenvalue weighted by Gasteiger charge is 2.31. The first kappa shape index (κ1) is 12.2.